The molecule has 0 spiro atoms. The first-order valence-electron chi connectivity index (χ1n) is 4.10. The number of alkyl halides is 6. The van der Waals surface area contributed by atoms with Crippen molar-refractivity contribution in [2.45, 2.75) is 9.18 Å². The highest BCUT2D eigenvalue weighted by molar-refractivity contribution is 9.39. The van der Waals surface area contributed by atoms with E-state index in [0.717, 1.165) is 0 Å². The van der Waals surface area contributed by atoms with E-state index in [0.29, 0.717) is 11.1 Å². The summed E-state index contributed by atoms with van der Waals surface area (Å²) in [6.07, 6.45) is 0. The van der Waals surface area contributed by atoms with Crippen LogP contribution in [0.4, 0.5) is 0 Å². The SMILES string of the molecule is O=S(=O)(O)c1c(C(Br)(Br)Br)cccc1C(Br)(Br)Br. The summed E-state index contributed by atoms with van der Waals surface area (Å²) in [6, 6.07) is 4.78. The van der Waals surface area contributed by atoms with Crippen LogP contribution in [-0.4, -0.2) is 13.0 Å². The smallest absolute Gasteiger partial charge is 0.282 e. The van der Waals surface area contributed by atoms with Crippen LogP contribution in [0.15, 0.2) is 23.1 Å². The standard InChI is InChI=1S/C8H4Br6O3S/c9-7(10,11)4-2-1-3-5(8(12,13)14)6(4)18(15,16)17/h1-3H,(H,15,16,17). The first kappa shape index (κ1) is 18.1. The van der Waals surface area contributed by atoms with E-state index in [4.69, 9.17) is 0 Å². The first-order valence-corrected chi connectivity index (χ1v) is 10.3. The molecule has 1 rings (SSSR count). The number of hydrogen-bond donors (Lipinski definition) is 1. The molecular formula is C8H4Br6O3S. The Morgan fingerprint density at radius 3 is 1.44 bits per heavy atom. The van der Waals surface area contributed by atoms with Gasteiger partial charge in [-0.15, -0.1) is 0 Å². The fourth-order valence-corrected chi connectivity index (χ4v) is 5.03. The van der Waals surface area contributed by atoms with Crippen LogP contribution in [0.2, 0.25) is 0 Å². The maximum Gasteiger partial charge on any atom is 0.295 e. The summed E-state index contributed by atoms with van der Waals surface area (Å²) in [4.78, 5) is -0.221. The molecule has 1 aromatic carbocycles. The van der Waals surface area contributed by atoms with Gasteiger partial charge in [-0.3, -0.25) is 4.55 Å². The topological polar surface area (TPSA) is 54.4 Å². The monoisotopic (exact) mass is 653 g/mol. The van der Waals surface area contributed by atoms with Crippen LogP contribution < -0.4 is 0 Å². The molecule has 18 heavy (non-hydrogen) atoms. The van der Waals surface area contributed by atoms with Crippen molar-refractivity contribution in [3.8, 4) is 0 Å². The molecule has 0 saturated heterocycles. The second kappa shape index (κ2) is 6.02. The molecule has 0 aliphatic rings. The van der Waals surface area contributed by atoms with Crippen LogP contribution in [0.1, 0.15) is 11.1 Å². The predicted octanol–water partition coefficient (Wildman–Crippen LogP) is 5.52. The summed E-state index contributed by atoms with van der Waals surface area (Å²) in [7, 11) is -4.41. The number of halogens is 6. The van der Waals surface area contributed by atoms with Crippen molar-refractivity contribution in [1.82, 2.24) is 0 Å². The molecule has 0 fully saturated rings. The molecule has 1 aromatic rings. The molecule has 0 saturated carbocycles. The van der Waals surface area contributed by atoms with Gasteiger partial charge in [0.05, 0.1) is 0 Å². The maximum absolute atomic E-state index is 11.6. The van der Waals surface area contributed by atoms with Crippen LogP contribution in [0.25, 0.3) is 0 Å². The Hall–Kier alpha value is 2.01. The molecule has 0 aliphatic heterocycles. The molecule has 0 amide bonds. The molecule has 0 radical (unpaired) electrons. The lowest BCUT2D eigenvalue weighted by atomic mass is 10.1. The van der Waals surface area contributed by atoms with Gasteiger partial charge in [0.15, 0.2) is 4.29 Å². The normalized spacial score (nSPS) is 13.7. The van der Waals surface area contributed by atoms with E-state index >= 15 is 0 Å². The Labute approximate surface area is 155 Å². The minimum absolute atomic E-state index is 0.221. The predicted molar refractivity (Wildman–Crippen MR) is 93.2 cm³/mol. The molecule has 0 atom stereocenters. The largest absolute Gasteiger partial charge is 0.295 e. The highest BCUT2D eigenvalue weighted by Crippen LogP contribution is 2.52. The summed E-state index contributed by atoms with van der Waals surface area (Å²) >= 11 is 19.5. The van der Waals surface area contributed by atoms with Crippen molar-refractivity contribution >= 4 is 106 Å². The lowest BCUT2D eigenvalue weighted by Gasteiger charge is -2.22. The van der Waals surface area contributed by atoms with E-state index in [1.165, 1.54) is 0 Å². The third kappa shape index (κ3) is 4.51. The van der Waals surface area contributed by atoms with Crippen molar-refractivity contribution in [2.75, 3.05) is 0 Å². The van der Waals surface area contributed by atoms with E-state index in [1.807, 2.05) is 0 Å². The number of benzene rings is 1. The third-order valence-electron chi connectivity index (χ3n) is 1.88. The van der Waals surface area contributed by atoms with Crippen molar-refractivity contribution in [1.29, 1.82) is 0 Å². The Morgan fingerprint density at radius 2 is 1.22 bits per heavy atom. The van der Waals surface area contributed by atoms with Crippen LogP contribution in [-0.2, 0) is 14.4 Å². The minimum Gasteiger partial charge on any atom is -0.282 e. The average Bonchev–Trinajstić information content (AvgIpc) is 2.12. The van der Waals surface area contributed by atoms with Crippen LogP contribution >= 0.6 is 95.6 Å². The van der Waals surface area contributed by atoms with Gasteiger partial charge in [0.1, 0.15) is 4.90 Å². The third-order valence-corrected chi connectivity index (χ3v) is 5.40. The summed E-state index contributed by atoms with van der Waals surface area (Å²) in [5.41, 5.74) is 0.621. The van der Waals surface area contributed by atoms with E-state index in [1.54, 1.807) is 18.2 Å². The Kier molecular flexibility index (Phi) is 6.04. The van der Waals surface area contributed by atoms with Gasteiger partial charge in [0.2, 0.25) is 0 Å². The highest BCUT2D eigenvalue weighted by Gasteiger charge is 2.36. The lowest BCUT2D eigenvalue weighted by Crippen LogP contribution is -2.15. The second-order valence-corrected chi connectivity index (χ2v) is 18.0. The van der Waals surface area contributed by atoms with Gasteiger partial charge in [-0.25, -0.2) is 0 Å². The molecular weight excluding hydrogens is 656 g/mol. The van der Waals surface area contributed by atoms with Gasteiger partial charge in [-0.2, -0.15) is 8.42 Å². The van der Waals surface area contributed by atoms with Crippen molar-refractivity contribution in [2.24, 2.45) is 0 Å². The summed E-state index contributed by atoms with van der Waals surface area (Å²) < 4.78 is 30.7. The zero-order chi connectivity index (χ0) is 14.4. The van der Waals surface area contributed by atoms with E-state index in [9.17, 15) is 13.0 Å². The zero-order valence-electron chi connectivity index (χ0n) is 8.17. The Morgan fingerprint density at radius 1 is 0.889 bits per heavy atom. The summed E-state index contributed by atoms with van der Waals surface area (Å²) in [5.74, 6) is 0. The summed E-state index contributed by atoms with van der Waals surface area (Å²) in [5, 5.41) is 0. The van der Waals surface area contributed by atoms with Gasteiger partial charge >= 0.3 is 0 Å². The Balaban J connectivity index is 3.79. The molecule has 0 bridgehead atoms. The molecule has 3 nitrogen and oxygen atoms in total. The van der Waals surface area contributed by atoms with Gasteiger partial charge in [0, 0.05) is 11.1 Å². The first-order chi connectivity index (χ1) is 7.85. The number of hydrogen-bond acceptors (Lipinski definition) is 2. The minimum atomic E-state index is -4.41. The van der Waals surface area contributed by atoms with Gasteiger partial charge < -0.3 is 0 Å². The lowest BCUT2D eigenvalue weighted by molar-refractivity contribution is 0.481. The fourth-order valence-electron chi connectivity index (χ4n) is 1.26. The fraction of sp³-hybridized carbons (Fsp3) is 0.250. The van der Waals surface area contributed by atoms with Crippen molar-refractivity contribution in [3.63, 3.8) is 0 Å². The maximum atomic E-state index is 11.6. The van der Waals surface area contributed by atoms with Crippen LogP contribution in [0, 0.1) is 0 Å². The molecule has 10 heteroatoms. The molecule has 1 N–H and O–H groups in total. The Bertz CT molecular complexity index is 525. The molecule has 0 aromatic heterocycles. The quantitative estimate of drug-likeness (QED) is 0.319. The molecule has 102 valence electrons. The molecule has 0 heterocycles. The highest BCUT2D eigenvalue weighted by atomic mass is 80.0. The van der Waals surface area contributed by atoms with Gasteiger partial charge in [-0.1, -0.05) is 114 Å². The van der Waals surface area contributed by atoms with Gasteiger partial charge in [0.25, 0.3) is 10.1 Å². The van der Waals surface area contributed by atoms with Crippen LogP contribution in [0.5, 0.6) is 0 Å². The molecule has 0 aliphatic carbocycles. The van der Waals surface area contributed by atoms with Gasteiger partial charge in [-0.05, 0) is 0 Å². The van der Waals surface area contributed by atoms with E-state index in [2.05, 4.69) is 95.6 Å². The van der Waals surface area contributed by atoms with E-state index < -0.39 is 14.4 Å². The average molecular weight is 660 g/mol. The van der Waals surface area contributed by atoms with Crippen LogP contribution in [0.3, 0.4) is 0 Å². The number of rotatable bonds is 1. The zero-order valence-corrected chi connectivity index (χ0v) is 18.5. The van der Waals surface area contributed by atoms with E-state index in [-0.39, 0.29) is 4.90 Å². The van der Waals surface area contributed by atoms with Crippen molar-refractivity contribution < 1.29 is 13.0 Å². The van der Waals surface area contributed by atoms with Crippen molar-refractivity contribution in [3.05, 3.63) is 29.3 Å². The summed E-state index contributed by atoms with van der Waals surface area (Å²) in [6.45, 7) is 0. The molecule has 0 unspecified atom stereocenters. The second-order valence-electron chi connectivity index (χ2n) is 3.15.